The van der Waals surface area contributed by atoms with Gasteiger partial charge in [0.1, 0.15) is 0 Å². The summed E-state index contributed by atoms with van der Waals surface area (Å²) in [4.78, 5) is 4.46. The fourth-order valence-corrected chi connectivity index (χ4v) is 5.12. The second-order valence-electron chi connectivity index (χ2n) is 9.07. The third-order valence-corrected chi connectivity index (χ3v) is 6.98. The Labute approximate surface area is 208 Å². The second kappa shape index (κ2) is 9.01. The lowest BCUT2D eigenvalue weighted by Crippen LogP contribution is -2.50. The fourth-order valence-electron chi connectivity index (χ4n) is 5.12. The Kier molecular flexibility index (Phi) is 5.55. The quantitative estimate of drug-likeness (QED) is 0.342. The van der Waals surface area contributed by atoms with E-state index in [1.807, 2.05) is 0 Å². The molecule has 0 spiro atoms. The average molecular weight is 452 g/mol. The highest BCUT2D eigenvalue weighted by Gasteiger charge is 2.37. The van der Waals surface area contributed by atoms with Gasteiger partial charge in [-0.05, 0) is 48.5 Å². The Balaban J connectivity index is 1.42. The predicted molar refractivity (Wildman–Crippen MR) is 149 cm³/mol. The van der Waals surface area contributed by atoms with Crippen molar-refractivity contribution in [3.63, 3.8) is 0 Å². The molecule has 2 aliphatic heterocycles. The van der Waals surface area contributed by atoms with Crippen LogP contribution in [0, 0.1) is 0 Å². The van der Waals surface area contributed by atoms with Crippen LogP contribution >= 0.6 is 0 Å². The van der Waals surface area contributed by atoms with Crippen molar-refractivity contribution >= 4 is 36.6 Å². The average Bonchev–Trinajstić information content (AvgIpc) is 2.93. The number of fused-ring (bicyclic) bond motifs is 2. The third kappa shape index (κ3) is 3.88. The molecule has 0 fully saturated rings. The van der Waals surface area contributed by atoms with E-state index < -0.39 is 0 Å². The number of hydrogen-bond acceptors (Lipinski definition) is 3. The molecule has 168 valence electrons. The lowest BCUT2D eigenvalue weighted by atomic mass is 9.64. The van der Waals surface area contributed by atoms with Gasteiger partial charge in [0.15, 0.2) is 0 Å². The highest BCUT2D eigenvalue weighted by Crippen LogP contribution is 2.39. The molecule has 4 aromatic carbocycles. The molecule has 0 aliphatic carbocycles. The Bertz CT molecular complexity index is 1310. The van der Waals surface area contributed by atoms with Crippen molar-refractivity contribution < 1.29 is 4.57 Å². The third-order valence-electron chi connectivity index (χ3n) is 6.98. The van der Waals surface area contributed by atoms with Gasteiger partial charge in [0, 0.05) is 22.5 Å². The molecule has 0 saturated heterocycles. The van der Waals surface area contributed by atoms with Gasteiger partial charge in [-0.2, -0.15) is 0 Å². The van der Waals surface area contributed by atoms with Gasteiger partial charge in [0.25, 0.3) is 0 Å². The maximum Gasteiger partial charge on any atom is 0.431 e. The number of rotatable bonds is 4. The van der Waals surface area contributed by atoms with Crippen molar-refractivity contribution in [3.8, 4) is 0 Å². The molecule has 3 nitrogen and oxygen atoms in total. The maximum atomic E-state index is 6.87. The van der Waals surface area contributed by atoms with E-state index in [0.29, 0.717) is 0 Å². The zero-order valence-electron chi connectivity index (χ0n) is 20.0. The molecule has 6 rings (SSSR count). The standard InChI is InChI=1S/C30H26B2N2O/c1-33-29-19-11-9-17-25(29)27(23-13-5-3-6-14-23)21-31(33)35-32-22-28(24-15-7-4-8-16-24)26-18-10-12-20-30(26)34(32)2/h3-22H,1-2H3. The summed E-state index contributed by atoms with van der Waals surface area (Å²) in [6.45, 7) is 0. The molecule has 5 heteroatoms. The first-order valence-electron chi connectivity index (χ1n) is 12.0. The molecule has 0 atom stereocenters. The summed E-state index contributed by atoms with van der Waals surface area (Å²) < 4.78 is 6.87. The van der Waals surface area contributed by atoms with E-state index in [2.05, 4.69) is 145 Å². The van der Waals surface area contributed by atoms with Crippen LogP contribution in [-0.4, -0.2) is 28.2 Å². The fraction of sp³-hybridized carbons (Fsp3) is 0.0667. The van der Waals surface area contributed by atoms with Gasteiger partial charge in [0.2, 0.25) is 0 Å². The maximum absolute atomic E-state index is 6.87. The van der Waals surface area contributed by atoms with Crippen molar-refractivity contribution in [2.45, 2.75) is 0 Å². The van der Waals surface area contributed by atoms with Crippen LogP contribution in [0.2, 0.25) is 0 Å². The van der Waals surface area contributed by atoms with E-state index in [-0.39, 0.29) is 14.1 Å². The lowest BCUT2D eigenvalue weighted by molar-refractivity contribution is 0.595. The molecule has 2 heterocycles. The number of hydrogen-bond donors (Lipinski definition) is 0. The summed E-state index contributed by atoms with van der Waals surface area (Å²) >= 11 is 0. The summed E-state index contributed by atoms with van der Waals surface area (Å²) in [6, 6.07) is 38.3. The Morgan fingerprint density at radius 3 is 1.29 bits per heavy atom. The zero-order chi connectivity index (χ0) is 23.8. The largest absolute Gasteiger partial charge is 0.455 e. The van der Waals surface area contributed by atoms with Crippen LogP contribution in [0.1, 0.15) is 22.3 Å². The Hall–Kier alpha value is -3.95. The molecule has 0 radical (unpaired) electrons. The van der Waals surface area contributed by atoms with E-state index >= 15 is 0 Å². The molecule has 0 unspecified atom stereocenters. The van der Waals surface area contributed by atoms with Crippen molar-refractivity contribution in [2.75, 3.05) is 23.7 Å². The molecule has 0 amide bonds. The van der Waals surface area contributed by atoms with Crippen LogP contribution in [0.25, 0.3) is 11.1 Å². The van der Waals surface area contributed by atoms with Crippen LogP contribution in [0.3, 0.4) is 0 Å². The number of anilines is 2. The first-order valence-corrected chi connectivity index (χ1v) is 12.0. The minimum atomic E-state index is -0.217. The summed E-state index contributed by atoms with van der Waals surface area (Å²) in [5.74, 6) is 4.50. The lowest BCUT2D eigenvalue weighted by Gasteiger charge is -2.38. The SMILES string of the molecule is CN1B(OB2C=C(c3ccccc3)c3ccccc3N2C)C=C(c2ccccc2)c2ccccc21. The molecule has 0 aromatic heterocycles. The number of nitrogens with zero attached hydrogens (tertiary/aromatic N) is 2. The van der Waals surface area contributed by atoms with Gasteiger partial charge < -0.3 is 14.2 Å². The molecule has 2 aliphatic rings. The van der Waals surface area contributed by atoms with Gasteiger partial charge >= 0.3 is 14.1 Å². The van der Waals surface area contributed by atoms with E-state index in [0.717, 1.165) is 0 Å². The highest BCUT2D eigenvalue weighted by molar-refractivity contribution is 6.77. The van der Waals surface area contributed by atoms with Crippen molar-refractivity contribution in [3.05, 3.63) is 143 Å². The Morgan fingerprint density at radius 2 is 0.857 bits per heavy atom. The summed E-state index contributed by atoms with van der Waals surface area (Å²) in [5, 5.41) is 0. The monoisotopic (exact) mass is 452 g/mol. The van der Waals surface area contributed by atoms with Gasteiger partial charge in [0.05, 0.1) is 0 Å². The second-order valence-corrected chi connectivity index (χ2v) is 9.07. The first kappa shape index (κ1) is 21.6. The van der Waals surface area contributed by atoms with Crippen molar-refractivity contribution in [1.29, 1.82) is 0 Å². The van der Waals surface area contributed by atoms with E-state index in [4.69, 9.17) is 4.57 Å². The van der Waals surface area contributed by atoms with E-state index in [1.54, 1.807) is 0 Å². The van der Waals surface area contributed by atoms with Gasteiger partial charge in [-0.15, -0.1) is 0 Å². The molecule has 0 saturated carbocycles. The normalized spacial score (nSPS) is 14.8. The Morgan fingerprint density at radius 1 is 0.486 bits per heavy atom. The van der Waals surface area contributed by atoms with Crippen LogP contribution in [0.15, 0.2) is 121 Å². The minimum absolute atomic E-state index is 0.217. The topological polar surface area (TPSA) is 15.7 Å². The first-order chi connectivity index (χ1) is 17.2. The van der Waals surface area contributed by atoms with Crippen LogP contribution < -0.4 is 9.62 Å². The molecule has 0 N–H and O–H groups in total. The van der Waals surface area contributed by atoms with Crippen molar-refractivity contribution in [1.82, 2.24) is 0 Å². The predicted octanol–water partition coefficient (Wildman–Crippen LogP) is 6.22. The number of para-hydroxylation sites is 2. The summed E-state index contributed by atoms with van der Waals surface area (Å²) in [7, 11) is 3.79. The van der Waals surface area contributed by atoms with Crippen molar-refractivity contribution in [2.24, 2.45) is 0 Å². The molecule has 0 bridgehead atoms. The van der Waals surface area contributed by atoms with Gasteiger partial charge in [-0.1, -0.05) is 109 Å². The summed E-state index contributed by atoms with van der Waals surface area (Å²) in [5.41, 5.74) is 9.60. The van der Waals surface area contributed by atoms with E-state index in [1.165, 1.54) is 44.8 Å². The zero-order valence-corrected chi connectivity index (χ0v) is 20.0. The van der Waals surface area contributed by atoms with Crippen LogP contribution in [0.5, 0.6) is 0 Å². The van der Waals surface area contributed by atoms with Crippen LogP contribution in [0.4, 0.5) is 11.4 Å². The smallest absolute Gasteiger partial charge is 0.431 e. The van der Waals surface area contributed by atoms with Gasteiger partial charge in [-0.25, -0.2) is 0 Å². The van der Waals surface area contributed by atoms with Crippen LogP contribution in [-0.2, 0) is 4.57 Å². The molecular formula is C30H26B2N2O. The molecule has 4 aromatic rings. The molecular weight excluding hydrogens is 426 g/mol. The molecule has 35 heavy (non-hydrogen) atoms. The van der Waals surface area contributed by atoms with E-state index in [9.17, 15) is 0 Å². The summed E-state index contributed by atoms with van der Waals surface area (Å²) in [6.07, 6.45) is 0. The highest BCUT2D eigenvalue weighted by atomic mass is 16.4. The number of benzene rings is 4. The minimum Gasteiger partial charge on any atom is -0.455 e. The van der Waals surface area contributed by atoms with Gasteiger partial charge in [-0.3, -0.25) is 0 Å².